The number of nitrogens with zero attached hydrogens (tertiary/aromatic N) is 2. The zero-order chi connectivity index (χ0) is 21.1. The van der Waals surface area contributed by atoms with Crippen LogP contribution in [0.1, 0.15) is 16.8 Å². The first-order valence-corrected chi connectivity index (χ1v) is 9.74. The Kier molecular flexibility index (Phi) is 5.72. The van der Waals surface area contributed by atoms with E-state index in [1.807, 2.05) is 18.2 Å². The number of halogens is 2. The molecule has 0 spiro atoms. The van der Waals surface area contributed by atoms with Crippen LogP contribution in [0.15, 0.2) is 48.5 Å². The Balaban J connectivity index is 1.42. The summed E-state index contributed by atoms with van der Waals surface area (Å²) in [7, 11) is 0. The van der Waals surface area contributed by atoms with Crippen molar-refractivity contribution >= 4 is 23.6 Å². The second-order valence-electron chi connectivity index (χ2n) is 6.71. The monoisotopic (exact) mass is 427 g/mol. The molecule has 1 aliphatic heterocycles. The molecule has 1 aromatic heterocycles. The number of nitrogens with one attached hydrogen (secondary N) is 1. The van der Waals surface area contributed by atoms with E-state index < -0.39 is 0 Å². The fraction of sp³-hybridized carbons (Fsp3) is 0.182. The van der Waals surface area contributed by atoms with Crippen LogP contribution in [0.4, 0.5) is 4.39 Å². The number of aryl methyl sites for hydroxylation is 1. The highest BCUT2D eigenvalue weighted by atomic mass is 35.5. The Morgan fingerprint density at radius 3 is 2.70 bits per heavy atom. The summed E-state index contributed by atoms with van der Waals surface area (Å²) in [5, 5.41) is 7.54. The van der Waals surface area contributed by atoms with Crippen LogP contribution in [0.5, 0.6) is 11.5 Å². The first kappa shape index (κ1) is 20.0. The minimum absolute atomic E-state index is 0.269. The van der Waals surface area contributed by atoms with Gasteiger partial charge in [0.15, 0.2) is 11.5 Å². The molecule has 0 unspecified atom stereocenters. The number of hydrogen-bond donors (Lipinski definition) is 1. The number of aromatic nitrogens is 2. The second-order valence-corrected chi connectivity index (χ2v) is 7.07. The van der Waals surface area contributed by atoms with Gasteiger partial charge in [0.1, 0.15) is 24.2 Å². The Bertz CT molecular complexity index is 1110. The van der Waals surface area contributed by atoms with Crippen molar-refractivity contribution in [3.05, 3.63) is 76.3 Å². The van der Waals surface area contributed by atoms with Gasteiger partial charge in [-0.1, -0.05) is 17.7 Å². The number of carbonyl (C=O) groups is 1. The number of amides is 1. The lowest BCUT2D eigenvalue weighted by Gasteiger charge is -2.18. The van der Waals surface area contributed by atoms with Crippen molar-refractivity contribution in [2.75, 3.05) is 13.2 Å². The van der Waals surface area contributed by atoms with Crippen LogP contribution in [0.2, 0.25) is 5.15 Å². The summed E-state index contributed by atoms with van der Waals surface area (Å²) in [5.41, 5.74) is 2.81. The molecule has 0 saturated heterocycles. The molecule has 1 N–H and O–H groups in total. The number of benzene rings is 2. The van der Waals surface area contributed by atoms with E-state index in [0.717, 1.165) is 5.56 Å². The van der Waals surface area contributed by atoms with Gasteiger partial charge in [-0.3, -0.25) is 4.79 Å². The van der Waals surface area contributed by atoms with E-state index >= 15 is 0 Å². The molecule has 2 aromatic carbocycles. The summed E-state index contributed by atoms with van der Waals surface area (Å²) in [6.07, 6.45) is 3.02. The molecule has 0 fully saturated rings. The van der Waals surface area contributed by atoms with Gasteiger partial charge in [0, 0.05) is 18.2 Å². The molecule has 0 aliphatic carbocycles. The zero-order valence-corrected chi connectivity index (χ0v) is 16.9. The van der Waals surface area contributed by atoms with Crippen LogP contribution in [-0.2, 0) is 11.3 Å². The van der Waals surface area contributed by atoms with E-state index in [-0.39, 0.29) is 11.7 Å². The van der Waals surface area contributed by atoms with E-state index in [2.05, 4.69) is 10.4 Å². The van der Waals surface area contributed by atoms with Gasteiger partial charge in [0.05, 0.1) is 11.4 Å². The number of fused-ring (bicyclic) bond motifs is 1. The molecule has 1 amide bonds. The third-order valence-corrected chi connectivity index (χ3v) is 4.96. The van der Waals surface area contributed by atoms with E-state index in [0.29, 0.717) is 53.4 Å². The van der Waals surface area contributed by atoms with Crippen molar-refractivity contribution in [1.29, 1.82) is 0 Å². The smallest absolute Gasteiger partial charge is 0.244 e. The highest BCUT2D eigenvalue weighted by molar-refractivity contribution is 6.31. The predicted octanol–water partition coefficient (Wildman–Crippen LogP) is 4.07. The normalized spacial score (nSPS) is 12.9. The maximum atomic E-state index is 13.1. The molecular formula is C22H19ClFN3O3. The van der Waals surface area contributed by atoms with Crippen LogP contribution in [-0.4, -0.2) is 28.9 Å². The lowest BCUT2D eigenvalue weighted by Crippen LogP contribution is -2.21. The third kappa shape index (κ3) is 4.31. The Labute approximate surface area is 177 Å². The summed E-state index contributed by atoms with van der Waals surface area (Å²) in [6.45, 7) is 3.19. The number of rotatable bonds is 5. The minimum atomic E-state index is -0.339. The number of hydrogen-bond acceptors (Lipinski definition) is 4. The topological polar surface area (TPSA) is 65.4 Å². The van der Waals surface area contributed by atoms with E-state index in [1.54, 1.807) is 25.1 Å². The summed E-state index contributed by atoms with van der Waals surface area (Å²) in [5.74, 6) is 0.780. The molecule has 0 saturated carbocycles. The largest absolute Gasteiger partial charge is 0.486 e. The molecule has 154 valence electrons. The zero-order valence-electron chi connectivity index (χ0n) is 16.2. The van der Waals surface area contributed by atoms with Gasteiger partial charge in [-0.15, -0.1) is 0 Å². The molecule has 6 nitrogen and oxygen atoms in total. The fourth-order valence-electron chi connectivity index (χ4n) is 3.06. The number of carbonyl (C=O) groups excluding carboxylic acids is 1. The summed E-state index contributed by atoms with van der Waals surface area (Å²) >= 11 is 6.43. The molecule has 4 rings (SSSR count). The van der Waals surface area contributed by atoms with Crippen molar-refractivity contribution in [3.8, 4) is 17.2 Å². The van der Waals surface area contributed by atoms with Gasteiger partial charge < -0.3 is 14.8 Å². The Morgan fingerprint density at radius 2 is 1.93 bits per heavy atom. The van der Waals surface area contributed by atoms with Crippen molar-refractivity contribution in [3.63, 3.8) is 0 Å². The Morgan fingerprint density at radius 1 is 1.20 bits per heavy atom. The van der Waals surface area contributed by atoms with Gasteiger partial charge in [0.2, 0.25) is 5.91 Å². The molecule has 2 heterocycles. The molecule has 30 heavy (non-hydrogen) atoms. The molecule has 0 radical (unpaired) electrons. The average Bonchev–Trinajstić information content (AvgIpc) is 3.04. The van der Waals surface area contributed by atoms with E-state index in [1.165, 1.54) is 22.9 Å². The number of ether oxygens (including phenoxy) is 2. The highest BCUT2D eigenvalue weighted by Crippen LogP contribution is 2.30. The van der Waals surface area contributed by atoms with Crippen LogP contribution < -0.4 is 14.8 Å². The van der Waals surface area contributed by atoms with Gasteiger partial charge in [-0.25, -0.2) is 9.07 Å². The average molecular weight is 428 g/mol. The molecule has 8 heteroatoms. The predicted molar refractivity (Wildman–Crippen MR) is 112 cm³/mol. The molecule has 3 aromatic rings. The Hall–Kier alpha value is -3.32. The van der Waals surface area contributed by atoms with Gasteiger partial charge in [-0.2, -0.15) is 5.10 Å². The van der Waals surface area contributed by atoms with E-state index in [4.69, 9.17) is 21.1 Å². The quantitative estimate of drug-likeness (QED) is 0.623. The van der Waals surface area contributed by atoms with Crippen LogP contribution in [0, 0.1) is 12.7 Å². The first-order chi connectivity index (χ1) is 14.5. The van der Waals surface area contributed by atoms with Gasteiger partial charge >= 0.3 is 0 Å². The van der Waals surface area contributed by atoms with Gasteiger partial charge in [0.25, 0.3) is 0 Å². The summed E-state index contributed by atoms with van der Waals surface area (Å²) in [6, 6.07) is 11.4. The SMILES string of the molecule is Cc1nn(-c2ccc(F)cc2)c(Cl)c1/C=C/C(=O)NCc1ccc2c(c1)OCCO2. The summed E-state index contributed by atoms with van der Waals surface area (Å²) in [4.78, 5) is 12.2. The lowest BCUT2D eigenvalue weighted by atomic mass is 10.2. The molecular weight excluding hydrogens is 409 g/mol. The van der Waals surface area contributed by atoms with Crippen molar-refractivity contribution in [2.24, 2.45) is 0 Å². The summed E-state index contributed by atoms with van der Waals surface area (Å²) < 4.78 is 25.7. The molecule has 0 atom stereocenters. The fourth-order valence-corrected chi connectivity index (χ4v) is 3.39. The standard InChI is InChI=1S/C22H19ClFN3O3/c1-14-18(22(23)27(26-14)17-5-3-16(24)4-6-17)7-9-21(28)25-13-15-2-8-19-20(12-15)30-11-10-29-19/h2-9,12H,10-11,13H2,1H3,(H,25,28)/b9-7+. The minimum Gasteiger partial charge on any atom is -0.486 e. The van der Waals surface area contributed by atoms with E-state index in [9.17, 15) is 9.18 Å². The first-order valence-electron chi connectivity index (χ1n) is 9.37. The maximum absolute atomic E-state index is 13.1. The van der Waals surface area contributed by atoms with Crippen molar-refractivity contribution in [2.45, 2.75) is 13.5 Å². The van der Waals surface area contributed by atoms with Crippen LogP contribution in [0.3, 0.4) is 0 Å². The second kappa shape index (κ2) is 8.59. The molecule has 1 aliphatic rings. The lowest BCUT2D eigenvalue weighted by molar-refractivity contribution is -0.116. The van der Waals surface area contributed by atoms with Gasteiger partial charge in [-0.05, 0) is 55.0 Å². The maximum Gasteiger partial charge on any atom is 0.244 e. The third-order valence-electron chi connectivity index (χ3n) is 4.59. The van der Waals surface area contributed by atoms with Crippen molar-refractivity contribution < 1.29 is 18.7 Å². The van der Waals surface area contributed by atoms with Crippen LogP contribution >= 0.6 is 11.6 Å². The van der Waals surface area contributed by atoms with Crippen LogP contribution in [0.25, 0.3) is 11.8 Å². The van der Waals surface area contributed by atoms with Crippen molar-refractivity contribution in [1.82, 2.24) is 15.1 Å². The molecule has 0 bridgehead atoms. The highest BCUT2D eigenvalue weighted by Gasteiger charge is 2.14.